The molecule has 3 aromatic rings. The molecule has 0 bridgehead atoms. The lowest BCUT2D eigenvalue weighted by Crippen LogP contribution is -2.04. The molecule has 2 heterocycles. The predicted molar refractivity (Wildman–Crippen MR) is 109 cm³/mol. The molecule has 0 saturated carbocycles. The monoisotopic (exact) mass is 471 g/mol. The number of nitrogens with zero attached hydrogens (tertiary/aromatic N) is 1. The van der Waals surface area contributed by atoms with Crippen LogP contribution >= 0.6 is 22.6 Å². The minimum Gasteiger partial charge on any atom is -0.489 e. The van der Waals surface area contributed by atoms with Crippen LogP contribution in [0.4, 0.5) is 0 Å². The Balaban J connectivity index is 1.43. The fourth-order valence-electron chi connectivity index (χ4n) is 2.48. The molecule has 1 aliphatic heterocycles. The second kappa shape index (κ2) is 7.79. The summed E-state index contributed by atoms with van der Waals surface area (Å²) in [7, 11) is 0. The van der Waals surface area contributed by atoms with Crippen molar-refractivity contribution in [3.8, 4) is 5.75 Å². The maximum atomic E-state index is 12.0. The quantitative estimate of drug-likeness (QED) is 0.305. The van der Waals surface area contributed by atoms with Crippen LogP contribution in [0.2, 0.25) is 0 Å². The number of esters is 1. The van der Waals surface area contributed by atoms with E-state index >= 15 is 0 Å². The number of aliphatic imine (C=N–C) groups is 1. The SMILES string of the molecule is O=C1OC(c2ccco2)=N/C1=C\c1ccc(OCc2ccc(I)cc2)cc1. The lowest BCUT2D eigenvalue weighted by molar-refractivity contribution is -0.130. The molecule has 5 nitrogen and oxygen atoms in total. The third kappa shape index (κ3) is 4.28. The maximum absolute atomic E-state index is 12.0. The van der Waals surface area contributed by atoms with Crippen LogP contribution in [-0.2, 0) is 16.1 Å². The molecule has 0 amide bonds. The Hall–Kier alpha value is -2.87. The van der Waals surface area contributed by atoms with Crippen molar-refractivity contribution < 1.29 is 18.7 Å². The summed E-state index contributed by atoms with van der Waals surface area (Å²) in [6.45, 7) is 0.500. The van der Waals surface area contributed by atoms with Crippen LogP contribution < -0.4 is 4.74 Å². The lowest BCUT2D eigenvalue weighted by atomic mass is 10.2. The van der Waals surface area contributed by atoms with Crippen molar-refractivity contribution >= 4 is 40.5 Å². The van der Waals surface area contributed by atoms with Gasteiger partial charge in [-0.2, -0.15) is 0 Å². The highest BCUT2D eigenvalue weighted by molar-refractivity contribution is 14.1. The highest BCUT2D eigenvalue weighted by atomic mass is 127. The Bertz CT molecular complexity index is 1000. The van der Waals surface area contributed by atoms with E-state index in [0.29, 0.717) is 12.4 Å². The second-order valence-corrected chi connectivity index (χ2v) is 7.04. The molecule has 0 unspecified atom stereocenters. The number of hydrogen-bond donors (Lipinski definition) is 0. The lowest BCUT2D eigenvalue weighted by Gasteiger charge is -2.06. The average Bonchev–Trinajstić information content (AvgIpc) is 3.33. The van der Waals surface area contributed by atoms with Gasteiger partial charge in [0, 0.05) is 3.57 Å². The number of benzene rings is 2. The van der Waals surface area contributed by atoms with Crippen LogP contribution in [0.5, 0.6) is 5.75 Å². The number of ether oxygens (including phenoxy) is 2. The number of carbonyl (C=O) groups excluding carboxylic acids is 1. The third-order valence-electron chi connectivity index (χ3n) is 3.85. The van der Waals surface area contributed by atoms with Crippen molar-refractivity contribution in [2.75, 3.05) is 0 Å². The number of furan rings is 1. The maximum Gasteiger partial charge on any atom is 0.363 e. The zero-order chi connectivity index (χ0) is 18.6. The van der Waals surface area contributed by atoms with E-state index in [9.17, 15) is 4.79 Å². The normalized spacial score (nSPS) is 14.9. The van der Waals surface area contributed by atoms with Gasteiger partial charge in [0.25, 0.3) is 5.90 Å². The van der Waals surface area contributed by atoms with E-state index in [1.165, 1.54) is 9.83 Å². The van der Waals surface area contributed by atoms with Gasteiger partial charge in [0.15, 0.2) is 11.5 Å². The molecule has 0 fully saturated rings. The fraction of sp³-hybridized carbons (Fsp3) is 0.0476. The molecule has 134 valence electrons. The summed E-state index contributed by atoms with van der Waals surface area (Å²) in [6.07, 6.45) is 3.17. The van der Waals surface area contributed by atoms with Crippen molar-refractivity contribution in [3.63, 3.8) is 0 Å². The first kappa shape index (κ1) is 17.5. The highest BCUT2D eigenvalue weighted by Crippen LogP contribution is 2.21. The minimum atomic E-state index is -0.500. The van der Waals surface area contributed by atoms with Crippen LogP contribution in [-0.4, -0.2) is 11.9 Å². The zero-order valence-corrected chi connectivity index (χ0v) is 16.3. The molecule has 0 spiro atoms. The first-order chi connectivity index (χ1) is 13.2. The summed E-state index contributed by atoms with van der Waals surface area (Å²) in [5.41, 5.74) is 2.16. The molecule has 6 heteroatoms. The van der Waals surface area contributed by atoms with Gasteiger partial charge >= 0.3 is 5.97 Å². The Morgan fingerprint density at radius 1 is 1.04 bits per heavy atom. The van der Waals surface area contributed by atoms with Crippen molar-refractivity contribution in [2.45, 2.75) is 6.61 Å². The molecule has 0 N–H and O–H groups in total. The number of halogens is 1. The van der Waals surface area contributed by atoms with E-state index in [-0.39, 0.29) is 11.6 Å². The van der Waals surface area contributed by atoms with Crippen molar-refractivity contribution in [1.82, 2.24) is 0 Å². The molecule has 4 rings (SSSR count). The second-order valence-electron chi connectivity index (χ2n) is 5.80. The summed E-state index contributed by atoms with van der Waals surface area (Å²) in [6, 6.07) is 19.0. The fourth-order valence-corrected chi connectivity index (χ4v) is 2.84. The van der Waals surface area contributed by atoms with E-state index in [1.807, 2.05) is 48.5 Å². The molecule has 0 saturated heterocycles. The summed E-state index contributed by atoms with van der Waals surface area (Å²) in [5.74, 6) is 0.852. The van der Waals surface area contributed by atoms with Gasteiger partial charge in [-0.3, -0.25) is 0 Å². The van der Waals surface area contributed by atoms with Gasteiger partial charge in [-0.25, -0.2) is 9.79 Å². The standard InChI is InChI=1S/C21H14INO4/c22-16-7-3-15(4-8-16)13-26-17-9-5-14(6-10-17)12-18-21(24)27-20(23-18)19-2-1-11-25-19/h1-12H,13H2/b18-12-. The smallest absolute Gasteiger partial charge is 0.363 e. The van der Waals surface area contributed by atoms with Gasteiger partial charge < -0.3 is 13.9 Å². The van der Waals surface area contributed by atoms with E-state index in [2.05, 4.69) is 27.6 Å². The summed E-state index contributed by atoms with van der Waals surface area (Å²) in [5, 5.41) is 0. The summed E-state index contributed by atoms with van der Waals surface area (Å²) >= 11 is 2.27. The molecule has 1 aliphatic rings. The predicted octanol–water partition coefficient (Wildman–Crippen LogP) is 4.81. The summed E-state index contributed by atoms with van der Waals surface area (Å²) in [4.78, 5) is 16.2. The molecular weight excluding hydrogens is 457 g/mol. The van der Waals surface area contributed by atoms with Crippen molar-refractivity contribution in [2.24, 2.45) is 4.99 Å². The van der Waals surface area contributed by atoms with E-state index in [0.717, 1.165) is 16.9 Å². The van der Waals surface area contributed by atoms with Gasteiger partial charge in [0.2, 0.25) is 0 Å². The van der Waals surface area contributed by atoms with Gasteiger partial charge in [-0.05, 0) is 76.2 Å². The molecule has 27 heavy (non-hydrogen) atoms. The Labute approximate surface area is 169 Å². The Morgan fingerprint density at radius 3 is 2.52 bits per heavy atom. The Morgan fingerprint density at radius 2 is 1.81 bits per heavy atom. The first-order valence-corrected chi connectivity index (χ1v) is 9.29. The Kier molecular flexibility index (Phi) is 5.06. The third-order valence-corrected chi connectivity index (χ3v) is 4.57. The number of cyclic esters (lactones) is 1. The average molecular weight is 471 g/mol. The zero-order valence-electron chi connectivity index (χ0n) is 14.1. The minimum absolute atomic E-state index is 0.175. The molecule has 1 aromatic heterocycles. The number of carbonyl (C=O) groups is 1. The van der Waals surface area contributed by atoms with Crippen LogP contribution in [0, 0.1) is 3.57 Å². The number of hydrogen-bond acceptors (Lipinski definition) is 5. The van der Waals surface area contributed by atoms with Gasteiger partial charge in [-0.1, -0.05) is 24.3 Å². The van der Waals surface area contributed by atoms with Crippen LogP contribution in [0.1, 0.15) is 16.9 Å². The van der Waals surface area contributed by atoms with Gasteiger partial charge in [-0.15, -0.1) is 0 Å². The van der Waals surface area contributed by atoms with E-state index in [4.69, 9.17) is 13.9 Å². The van der Waals surface area contributed by atoms with Gasteiger partial charge in [0.1, 0.15) is 12.4 Å². The molecule has 0 aliphatic carbocycles. The first-order valence-electron chi connectivity index (χ1n) is 8.21. The van der Waals surface area contributed by atoms with Gasteiger partial charge in [0.05, 0.1) is 6.26 Å². The van der Waals surface area contributed by atoms with E-state index in [1.54, 1.807) is 18.2 Å². The molecule has 2 aromatic carbocycles. The van der Waals surface area contributed by atoms with Crippen molar-refractivity contribution in [1.29, 1.82) is 0 Å². The highest BCUT2D eigenvalue weighted by Gasteiger charge is 2.25. The number of rotatable bonds is 5. The van der Waals surface area contributed by atoms with Crippen LogP contribution in [0.3, 0.4) is 0 Å². The molecule has 0 radical (unpaired) electrons. The molecule has 0 atom stereocenters. The van der Waals surface area contributed by atoms with Crippen LogP contribution in [0.25, 0.3) is 6.08 Å². The molecular formula is C21H14INO4. The van der Waals surface area contributed by atoms with E-state index < -0.39 is 5.97 Å². The topological polar surface area (TPSA) is 61.0 Å². The van der Waals surface area contributed by atoms with Crippen LogP contribution in [0.15, 0.2) is 82.0 Å². The summed E-state index contributed by atoms with van der Waals surface area (Å²) < 4.78 is 17.3. The van der Waals surface area contributed by atoms with Crippen molar-refractivity contribution in [3.05, 3.63) is 93.1 Å². The largest absolute Gasteiger partial charge is 0.489 e.